The second-order valence-electron chi connectivity index (χ2n) is 4.90. The number of hydrogen-bond donors (Lipinski definition) is 1. The van der Waals surface area contributed by atoms with Crippen molar-refractivity contribution in [3.63, 3.8) is 0 Å². The molecule has 0 radical (unpaired) electrons. The molecule has 1 rings (SSSR count). The SMILES string of the molecule is CCCc1nc(Cl)c(C)c(NCCC(=O)N(CC)CC)n1. The summed E-state index contributed by atoms with van der Waals surface area (Å²) in [6.07, 6.45) is 2.22. The van der Waals surface area contributed by atoms with E-state index in [4.69, 9.17) is 11.6 Å². The molecule has 1 aromatic heterocycles. The van der Waals surface area contributed by atoms with Crippen LogP contribution in [0.25, 0.3) is 0 Å². The smallest absolute Gasteiger partial charge is 0.224 e. The summed E-state index contributed by atoms with van der Waals surface area (Å²) in [7, 11) is 0. The maximum absolute atomic E-state index is 11.9. The molecule has 0 aliphatic heterocycles. The molecule has 0 bridgehead atoms. The highest BCUT2D eigenvalue weighted by Gasteiger charge is 2.11. The first-order chi connectivity index (χ1) is 10.0. The van der Waals surface area contributed by atoms with Crippen LogP contribution < -0.4 is 5.32 Å². The fraction of sp³-hybridized carbons (Fsp3) is 0.667. The molecule has 21 heavy (non-hydrogen) atoms. The maximum Gasteiger partial charge on any atom is 0.224 e. The van der Waals surface area contributed by atoms with Crippen LogP contribution in [-0.4, -0.2) is 40.4 Å². The number of amides is 1. The lowest BCUT2D eigenvalue weighted by molar-refractivity contribution is -0.130. The van der Waals surface area contributed by atoms with Gasteiger partial charge in [0.15, 0.2) is 0 Å². The van der Waals surface area contributed by atoms with E-state index in [9.17, 15) is 4.79 Å². The summed E-state index contributed by atoms with van der Waals surface area (Å²) in [4.78, 5) is 22.5. The number of aryl methyl sites for hydroxylation is 1. The molecule has 1 N–H and O–H groups in total. The topological polar surface area (TPSA) is 58.1 Å². The predicted molar refractivity (Wildman–Crippen MR) is 86.8 cm³/mol. The zero-order chi connectivity index (χ0) is 15.8. The van der Waals surface area contributed by atoms with Gasteiger partial charge >= 0.3 is 0 Å². The minimum atomic E-state index is 0.152. The molecule has 0 saturated carbocycles. The molecule has 1 heterocycles. The van der Waals surface area contributed by atoms with Crippen molar-refractivity contribution >= 4 is 23.3 Å². The lowest BCUT2D eigenvalue weighted by Gasteiger charge is -2.19. The fourth-order valence-corrected chi connectivity index (χ4v) is 2.25. The van der Waals surface area contributed by atoms with Crippen LogP contribution in [-0.2, 0) is 11.2 Å². The summed E-state index contributed by atoms with van der Waals surface area (Å²) >= 11 is 6.13. The van der Waals surface area contributed by atoms with Gasteiger partial charge in [0, 0.05) is 38.0 Å². The first-order valence-electron chi connectivity index (χ1n) is 7.58. The van der Waals surface area contributed by atoms with Crippen LogP contribution in [0.1, 0.15) is 45.0 Å². The van der Waals surface area contributed by atoms with Gasteiger partial charge in [-0.25, -0.2) is 9.97 Å². The molecular formula is C15H25ClN4O. The molecular weight excluding hydrogens is 288 g/mol. The Kier molecular flexibility index (Phi) is 7.43. The number of nitrogens with zero attached hydrogens (tertiary/aromatic N) is 3. The third kappa shape index (κ3) is 5.16. The Hall–Kier alpha value is -1.36. The molecule has 0 fully saturated rings. The Morgan fingerprint density at radius 2 is 1.90 bits per heavy atom. The standard InChI is InChI=1S/C15H25ClN4O/c1-5-8-12-18-14(16)11(4)15(19-12)17-10-9-13(21)20(6-2)7-3/h5-10H2,1-4H3,(H,17,18,19). The minimum absolute atomic E-state index is 0.152. The predicted octanol–water partition coefficient (Wildman–Crippen LogP) is 3.06. The first kappa shape index (κ1) is 17.7. The summed E-state index contributed by atoms with van der Waals surface area (Å²) in [5, 5.41) is 3.68. The molecule has 0 saturated heterocycles. The van der Waals surface area contributed by atoms with Crippen LogP contribution in [0.5, 0.6) is 0 Å². The van der Waals surface area contributed by atoms with E-state index in [-0.39, 0.29) is 5.91 Å². The van der Waals surface area contributed by atoms with E-state index in [0.29, 0.717) is 18.1 Å². The van der Waals surface area contributed by atoms with Crippen LogP contribution in [0, 0.1) is 6.92 Å². The number of carbonyl (C=O) groups is 1. The van der Waals surface area contributed by atoms with Crippen LogP contribution >= 0.6 is 11.6 Å². The van der Waals surface area contributed by atoms with Gasteiger partial charge < -0.3 is 10.2 Å². The van der Waals surface area contributed by atoms with Crippen molar-refractivity contribution in [2.75, 3.05) is 25.0 Å². The van der Waals surface area contributed by atoms with E-state index in [1.807, 2.05) is 25.7 Å². The average molecular weight is 313 g/mol. The Morgan fingerprint density at radius 1 is 1.24 bits per heavy atom. The van der Waals surface area contributed by atoms with Gasteiger partial charge in [0.05, 0.1) is 0 Å². The van der Waals surface area contributed by atoms with Gasteiger partial charge in [-0.1, -0.05) is 18.5 Å². The highest BCUT2D eigenvalue weighted by molar-refractivity contribution is 6.30. The zero-order valence-corrected chi connectivity index (χ0v) is 14.1. The van der Waals surface area contributed by atoms with Gasteiger partial charge in [-0.05, 0) is 27.2 Å². The molecule has 0 spiro atoms. The largest absolute Gasteiger partial charge is 0.369 e. The van der Waals surface area contributed by atoms with Gasteiger partial charge in [0.2, 0.25) is 5.91 Å². The average Bonchev–Trinajstić information content (AvgIpc) is 2.45. The highest BCUT2D eigenvalue weighted by atomic mass is 35.5. The van der Waals surface area contributed by atoms with E-state index >= 15 is 0 Å². The van der Waals surface area contributed by atoms with E-state index in [1.54, 1.807) is 0 Å². The summed E-state index contributed by atoms with van der Waals surface area (Å²) in [6.45, 7) is 9.97. The lowest BCUT2D eigenvalue weighted by Crippen LogP contribution is -2.31. The van der Waals surface area contributed by atoms with E-state index in [0.717, 1.165) is 43.1 Å². The van der Waals surface area contributed by atoms with E-state index < -0.39 is 0 Å². The summed E-state index contributed by atoms with van der Waals surface area (Å²) in [5.41, 5.74) is 0.826. The number of carbonyl (C=O) groups excluding carboxylic acids is 1. The number of hydrogen-bond acceptors (Lipinski definition) is 4. The molecule has 0 unspecified atom stereocenters. The van der Waals surface area contributed by atoms with Crippen LogP contribution in [0.2, 0.25) is 5.15 Å². The lowest BCUT2D eigenvalue weighted by atomic mass is 10.3. The summed E-state index contributed by atoms with van der Waals surface area (Å²) in [6, 6.07) is 0. The zero-order valence-electron chi connectivity index (χ0n) is 13.4. The van der Waals surface area contributed by atoms with Crippen molar-refractivity contribution in [3.8, 4) is 0 Å². The number of aromatic nitrogens is 2. The second kappa shape index (κ2) is 8.82. The first-order valence-corrected chi connectivity index (χ1v) is 7.95. The third-order valence-electron chi connectivity index (χ3n) is 3.35. The molecule has 1 amide bonds. The Bertz CT molecular complexity index is 475. The number of rotatable bonds is 8. The van der Waals surface area contributed by atoms with Crippen molar-refractivity contribution in [3.05, 3.63) is 16.5 Å². The van der Waals surface area contributed by atoms with Crippen molar-refractivity contribution in [2.24, 2.45) is 0 Å². The van der Waals surface area contributed by atoms with Gasteiger partial charge in [0.25, 0.3) is 0 Å². The van der Waals surface area contributed by atoms with Gasteiger partial charge in [-0.2, -0.15) is 0 Å². The fourth-order valence-electron chi connectivity index (χ4n) is 2.06. The Balaban J connectivity index is 2.64. The van der Waals surface area contributed by atoms with Crippen molar-refractivity contribution in [1.29, 1.82) is 0 Å². The minimum Gasteiger partial charge on any atom is -0.369 e. The third-order valence-corrected chi connectivity index (χ3v) is 3.72. The van der Waals surface area contributed by atoms with E-state index in [2.05, 4.69) is 22.2 Å². The number of anilines is 1. The maximum atomic E-state index is 11.9. The second-order valence-corrected chi connectivity index (χ2v) is 5.26. The molecule has 5 nitrogen and oxygen atoms in total. The molecule has 1 aromatic rings. The van der Waals surface area contributed by atoms with Crippen molar-refractivity contribution in [2.45, 2.75) is 47.0 Å². The van der Waals surface area contributed by atoms with Crippen molar-refractivity contribution in [1.82, 2.24) is 14.9 Å². The van der Waals surface area contributed by atoms with Gasteiger partial charge in [-0.15, -0.1) is 0 Å². The monoisotopic (exact) mass is 312 g/mol. The van der Waals surface area contributed by atoms with Crippen LogP contribution in [0.15, 0.2) is 0 Å². The summed E-state index contributed by atoms with van der Waals surface area (Å²) in [5.74, 6) is 1.62. The van der Waals surface area contributed by atoms with Crippen LogP contribution in [0.4, 0.5) is 5.82 Å². The molecule has 118 valence electrons. The molecule has 6 heteroatoms. The van der Waals surface area contributed by atoms with Gasteiger partial charge in [-0.3, -0.25) is 4.79 Å². The normalized spacial score (nSPS) is 10.5. The molecule has 0 aliphatic rings. The quantitative estimate of drug-likeness (QED) is 0.750. The van der Waals surface area contributed by atoms with Gasteiger partial charge in [0.1, 0.15) is 16.8 Å². The highest BCUT2D eigenvalue weighted by Crippen LogP contribution is 2.20. The molecule has 0 atom stereocenters. The number of halogens is 1. The Morgan fingerprint density at radius 3 is 2.48 bits per heavy atom. The Labute approximate surface area is 132 Å². The number of nitrogens with one attached hydrogen (secondary N) is 1. The van der Waals surface area contributed by atoms with E-state index in [1.165, 1.54) is 0 Å². The molecule has 0 aliphatic carbocycles. The molecule has 0 aromatic carbocycles. The van der Waals surface area contributed by atoms with Crippen LogP contribution in [0.3, 0.4) is 0 Å². The van der Waals surface area contributed by atoms with Crippen molar-refractivity contribution < 1.29 is 4.79 Å². The summed E-state index contributed by atoms with van der Waals surface area (Å²) < 4.78 is 0.